The Kier molecular flexibility index (Phi) is 5.48. The number of pyridine rings is 1. The average molecular weight is 342 g/mol. The fourth-order valence-electron chi connectivity index (χ4n) is 3.29. The van der Waals surface area contributed by atoms with E-state index in [1.807, 2.05) is 30.9 Å². The first-order valence-electron chi connectivity index (χ1n) is 8.93. The topological polar surface area (TPSA) is 62.5 Å². The highest BCUT2D eigenvalue weighted by atomic mass is 16.4. The fourth-order valence-corrected chi connectivity index (χ4v) is 3.29. The van der Waals surface area contributed by atoms with E-state index < -0.39 is 0 Å². The Morgan fingerprint density at radius 1 is 1.32 bits per heavy atom. The molecule has 3 rings (SSSR count). The molecule has 2 aromatic heterocycles. The molecule has 1 aliphatic heterocycles. The first kappa shape index (κ1) is 17.6. The van der Waals surface area contributed by atoms with Gasteiger partial charge in [-0.1, -0.05) is 6.92 Å². The Balaban J connectivity index is 1.86. The second-order valence-corrected chi connectivity index (χ2v) is 6.70. The summed E-state index contributed by atoms with van der Waals surface area (Å²) in [6.45, 7) is 6.39. The molecule has 6 heteroatoms. The normalized spacial score (nSPS) is 16.1. The zero-order valence-electron chi connectivity index (χ0n) is 15.2. The van der Waals surface area contributed by atoms with E-state index in [-0.39, 0.29) is 11.9 Å². The van der Waals surface area contributed by atoms with E-state index in [0.29, 0.717) is 30.3 Å². The number of carbonyl (C=O) groups is 1. The molecule has 1 amide bonds. The summed E-state index contributed by atoms with van der Waals surface area (Å²) in [6, 6.07) is 4.13. The number of rotatable bonds is 5. The zero-order valence-corrected chi connectivity index (χ0v) is 15.2. The van der Waals surface area contributed by atoms with E-state index in [1.165, 1.54) is 0 Å². The van der Waals surface area contributed by atoms with Gasteiger partial charge < -0.3 is 14.2 Å². The number of amides is 1. The van der Waals surface area contributed by atoms with Gasteiger partial charge in [-0.05, 0) is 57.6 Å². The number of aromatic nitrogens is 2. The van der Waals surface area contributed by atoms with Crippen LogP contribution in [0, 0.1) is 6.92 Å². The summed E-state index contributed by atoms with van der Waals surface area (Å²) in [5.41, 5.74) is 1.75. The Labute approximate surface area is 148 Å². The summed E-state index contributed by atoms with van der Waals surface area (Å²) in [4.78, 5) is 25.9. The molecule has 1 aliphatic rings. The largest absolute Gasteiger partial charge is 0.435 e. The maximum absolute atomic E-state index is 13.2. The monoisotopic (exact) mass is 342 g/mol. The number of hydrogen-bond acceptors (Lipinski definition) is 5. The second-order valence-electron chi connectivity index (χ2n) is 6.70. The quantitative estimate of drug-likeness (QED) is 0.836. The number of hydrogen-bond donors (Lipinski definition) is 0. The van der Waals surface area contributed by atoms with Crippen LogP contribution in [0.1, 0.15) is 47.5 Å². The molecule has 0 aromatic carbocycles. The van der Waals surface area contributed by atoms with Crippen LogP contribution in [0.15, 0.2) is 28.9 Å². The first-order chi connectivity index (χ1) is 12.1. The van der Waals surface area contributed by atoms with E-state index in [0.717, 1.165) is 31.5 Å². The average Bonchev–Trinajstić information content (AvgIpc) is 3.02. The molecule has 0 spiro atoms. The molecule has 3 heterocycles. The molecule has 0 saturated carbocycles. The highest BCUT2D eigenvalue weighted by Gasteiger charge is 2.31. The van der Waals surface area contributed by atoms with Gasteiger partial charge in [0.1, 0.15) is 0 Å². The Morgan fingerprint density at radius 2 is 2.00 bits per heavy atom. The number of oxazole rings is 1. The first-order valence-corrected chi connectivity index (χ1v) is 8.93. The molecule has 134 valence electrons. The van der Waals surface area contributed by atoms with Crippen LogP contribution < -0.4 is 0 Å². The Morgan fingerprint density at radius 3 is 2.60 bits per heavy atom. The van der Waals surface area contributed by atoms with Crippen LogP contribution in [-0.2, 0) is 13.0 Å². The molecule has 0 aliphatic carbocycles. The van der Waals surface area contributed by atoms with Gasteiger partial charge in [0.05, 0.1) is 5.69 Å². The number of aryl methyl sites for hydroxylation is 2. The van der Waals surface area contributed by atoms with Crippen molar-refractivity contribution >= 4 is 5.91 Å². The highest BCUT2D eigenvalue weighted by molar-refractivity contribution is 5.92. The summed E-state index contributed by atoms with van der Waals surface area (Å²) in [5, 5.41) is 0. The van der Waals surface area contributed by atoms with Gasteiger partial charge in [0.15, 0.2) is 5.89 Å². The number of likely N-dealkylation sites (tertiary alicyclic amines) is 1. The maximum Gasteiger partial charge on any atom is 0.292 e. The van der Waals surface area contributed by atoms with Crippen molar-refractivity contribution in [3.05, 3.63) is 47.4 Å². The lowest BCUT2D eigenvalue weighted by Crippen LogP contribution is -2.46. The predicted molar refractivity (Wildman–Crippen MR) is 95.2 cm³/mol. The maximum atomic E-state index is 13.2. The van der Waals surface area contributed by atoms with Gasteiger partial charge in [-0.2, -0.15) is 0 Å². The molecular formula is C19H26N4O2. The lowest BCUT2D eigenvalue weighted by Gasteiger charge is -2.37. The van der Waals surface area contributed by atoms with Crippen LogP contribution in [0.25, 0.3) is 0 Å². The van der Waals surface area contributed by atoms with Crippen molar-refractivity contribution in [2.24, 2.45) is 0 Å². The number of carbonyl (C=O) groups excluding carboxylic acids is 1. The SMILES string of the molecule is CCc1nc(C)c(C(=O)N(Cc2ccncc2)C2CCN(C)CC2)o1. The third-order valence-corrected chi connectivity index (χ3v) is 4.83. The molecule has 25 heavy (non-hydrogen) atoms. The van der Waals surface area contributed by atoms with E-state index in [2.05, 4.69) is 21.9 Å². The summed E-state index contributed by atoms with van der Waals surface area (Å²) >= 11 is 0. The van der Waals surface area contributed by atoms with Crippen molar-refractivity contribution < 1.29 is 9.21 Å². The van der Waals surface area contributed by atoms with Crippen LogP contribution in [0.5, 0.6) is 0 Å². The molecule has 2 aromatic rings. The van der Waals surface area contributed by atoms with Crippen molar-refractivity contribution in [1.82, 2.24) is 19.8 Å². The fraction of sp³-hybridized carbons (Fsp3) is 0.526. The standard InChI is InChI=1S/C19H26N4O2/c1-4-17-21-14(2)18(25-17)19(24)23(13-15-5-9-20-10-6-15)16-7-11-22(3)12-8-16/h5-6,9-10,16H,4,7-8,11-13H2,1-3H3. The Bertz CT molecular complexity index is 705. The molecule has 0 bridgehead atoms. The minimum Gasteiger partial charge on any atom is -0.435 e. The number of piperidine rings is 1. The number of nitrogens with zero attached hydrogens (tertiary/aromatic N) is 4. The van der Waals surface area contributed by atoms with E-state index in [4.69, 9.17) is 4.42 Å². The molecule has 0 N–H and O–H groups in total. The van der Waals surface area contributed by atoms with Gasteiger partial charge >= 0.3 is 0 Å². The second kappa shape index (κ2) is 7.78. The van der Waals surface area contributed by atoms with Crippen molar-refractivity contribution in [3.63, 3.8) is 0 Å². The molecule has 1 fully saturated rings. The van der Waals surface area contributed by atoms with Crippen molar-refractivity contribution in [2.75, 3.05) is 20.1 Å². The molecule has 6 nitrogen and oxygen atoms in total. The summed E-state index contributed by atoms with van der Waals surface area (Å²) in [7, 11) is 2.12. The minimum atomic E-state index is -0.0592. The van der Waals surface area contributed by atoms with Gasteiger partial charge in [-0.15, -0.1) is 0 Å². The van der Waals surface area contributed by atoms with E-state index >= 15 is 0 Å². The van der Waals surface area contributed by atoms with Gasteiger partial charge in [0.2, 0.25) is 5.76 Å². The van der Waals surface area contributed by atoms with Crippen LogP contribution in [0.2, 0.25) is 0 Å². The van der Waals surface area contributed by atoms with Crippen molar-refractivity contribution in [3.8, 4) is 0 Å². The lowest BCUT2D eigenvalue weighted by molar-refractivity contribution is 0.0535. The third-order valence-electron chi connectivity index (χ3n) is 4.83. The van der Waals surface area contributed by atoms with Gasteiger partial charge in [-0.25, -0.2) is 4.98 Å². The van der Waals surface area contributed by atoms with E-state index in [9.17, 15) is 4.79 Å². The molecule has 0 radical (unpaired) electrons. The summed E-state index contributed by atoms with van der Waals surface area (Å²) in [5.74, 6) is 0.939. The van der Waals surface area contributed by atoms with Crippen LogP contribution >= 0.6 is 0 Å². The van der Waals surface area contributed by atoms with Gasteiger partial charge in [-0.3, -0.25) is 9.78 Å². The predicted octanol–water partition coefficient (Wildman–Crippen LogP) is 2.68. The molecule has 0 unspecified atom stereocenters. The van der Waals surface area contributed by atoms with Crippen molar-refractivity contribution in [1.29, 1.82) is 0 Å². The van der Waals surface area contributed by atoms with Gasteiger partial charge in [0.25, 0.3) is 5.91 Å². The van der Waals surface area contributed by atoms with Crippen LogP contribution in [0.3, 0.4) is 0 Å². The van der Waals surface area contributed by atoms with Crippen LogP contribution in [0.4, 0.5) is 0 Å². The van der Waals surface area contributed by atoms with Crippen LogP contribution in [-0.4, -0.2) is 51.9 Å². The molecule has 0 atom stereocenters. The van der Waals surface area contributed by atoms with Crippen molar-refractivity contribution in [2.45, 2.75) is 45.7 Å². The van der Waals surface area contributed by atoms with E-state index in [1.54, 1.807) is 12.4 Å². The summed E-state index contributed by atoms with van der Waals surface area (Å²) < 4.78 is 5.73. The lowest BCUT2D eigenvalue weighted by atomic mass is 10.0. The smallest absolute Gasteiger partial charge is 0.292 e. The Hall–Kier alpha value is -2.21. The summed E-state index contributed by atoms with van der Waals surface area (Å²) in [6.07, 6.45) is 6.16. The molecular weight excluding hydrogens is 316 g/mol. The van der Waals surface area contributed by atoms with Gasteiger partial charge in [0, 0.05) is 31.4 Å². The highest BCUT2D eigenvalue weighted by Crippen LogP contribution is 2.23. The minimum absolute atomic E-state index is 0.0592. The zero-order chi connectivity index (χ0) is 17.8. The molecule has 1 saturated heterocycles. The third kappa shape index (κ3) is 4.07.